The maximum absolute atomic E-state index is 3.81. The molecule has 0 aromatic carbocycles. The van der Waals surface area contributed by atoms with Crippen LogP contribution in [0.2, 0.25) is 0 Å². The number of nitrogens with zero attached hydrogens (tertiary/aromatic N) is 1. The highest BCUT2D eigenvalue weighted by molar-refractivity contribution is 4.80. The van der Waals surface area contributed by atoms with Crippen molar-refractivity contribution in [2.24, 2.45) is 5.92 Å². The van der Waals surface area contributed by atoms with Gasteiger partial charge < -0.3 is 0 Å². The lowest BCUT2D eigenvalue weighted by Crippen LogP contribution is -2.37. The largest absolute Gasteiger partial charge is 0.300 e. The molecule has 0 aliphatic rings. The van der Waals surface area contributed by atoms with E-state index in [9.17, 15) is 0 Å². The van der Waals surface area contributed by atoms with Crippen LogP contribution in [0.4, 0.5) is 0 Å². The van der Waals surface area contributed by atoms with Gasteiger partial charge in [0.2, 0.25) is 0 Å². The van der Waals surface area contributed by atoms with Gasteiger partial charge in [0.05, 0.1) is 0 Å². The molecule has 0 aliphatic carbocycles. The minimum atomic E-state index is 0.734. The Morgan fingerprint density at radius 1 is 1.21 bits per heavy atom. The van der Waals surface area contributed by atoms with E-state index >= 15 is 0 Å². The summed E-state index contributed by atoms with van der Waals surface area (Å²) < 4.78 is 0. The van der Waals surface area contributed by atoms with Crippen molar-refractivity contribution in [2.45, 2.75) is 52.5 Å². The highest BCUT2D eigenvalue weighted by atomic mass is 15.1. The Labute approximate surface area is 90.2 Å². The fourth-order valence-electron chi connectivity index (χ4n) is 2.38. The van der Waals surface area contributed by atoms with Gasteiger partial charge in [-0.2, -0.15) is 0 Å². The summed E-state index contributed by atoms with van der Waals surface area (Å²) >= 11 is 0. The Kier molecular flexibility index (Phi) is 7.87. The van der Waals surface area contributed by atoms with Gasteiger partial charge in [-0.1, -0.05) is 39.7 Å². The fourth-order valence-corrected chi connectivity index (χ4v) is 2.38. The van der Waals surface area contributed by atoms with Crippen molar-refractivity contribution < 1.29 is 0 Å². The standard InChI is InChI=1S/C13H27N/c1-6-10-12(8-3)13(9-4)14(5)11-7-2/h7,12-13H,2,6,8-11H2,1,3-5H3. The predicted octanol–water partition coefficient (Wildman–Crippen LogP) is 3.71. The highest BCUT2D eigenvalue weighted by Gasteiger charge is 2.20. The lowest BCUT2D eigenvalue weighted by atomic mass is 9.89. The molecule has 0 heterocycles. The molecule has 0 bridgehead atoms. The van der Waals surface area contributed by atoms with Crippen molar-refractivity contribution >= 4 is 0 Å². The molecule has 0 amide bonds. The average molecular weight is 197 g/mol. The molecule has 0 radical (unpaired) electrons. The summed E-state index contributed by atoms with van der Waals surface area (Å²) in [6.45, 7) is 11.7. The van der Waals surface area contributed by atoms with Gasteiger partial charge in [-0.3, -0.25) is 4.90 Å². The van der Waals surface area contributed by atoms with E-state index in [2.05, 4.69) is 39.3 Å². The van der Waals surface area contributed by atoms with Crippen LogP contribution >= 0.6 is 0 Å². The van der Waals surface area contributed by atoms with E-state index in [-0.39, 0.29) is 0 Å². The fraction of sp³-hybridized carbons (Fsp3) is 0.846. The molecule has 0 fully saturated rings. The van der Waals surface area contributed by atoms with Gasteiger partial charge in [-0.25, -0.2) is 0 Å². The number of rotatable bonds is 8. The lowest BCUT2D eigenvalue weighted by Gasteiger charge is -2.33. The van der Waals surface area contributed by atoms with E-state index in [0.717, 1.165) is 18.5 Å². The minimum absolute atomic E-state index is 0.734. The van der Waals surface area contributed by atoms with Crippen molar-refractivity contribution in [3.05, 3.63) is 12.7 Å². The number of likely N-dealkylation sites (N-methyl/N-ethyl adjacent to an activating group) is 1. The van der Waals surface area contributed by atoms with Crippen LogP contribution < -0.4 is 0 Å². The first-order chi connectivity index (χ1) is 6.71. The third-order valence-corrected chi connectivity index (χ3v) is 3.13. The molecule has 0 aromatic rings. The van der Waals surface area contributed by atoms with Crippen LogP contribution in [-0.2, 0) is 0 Å². The van der Waals surface area contributed by atoms with Crippen LogP contribution in [0, 0.1) is 5.92 Å². The quantitative estimate of drug-likeness (QED) is 0.536. The lowest BCUT2D eigenvalue weighted by molar-refractivity contribution is 0.172. The van der Waals surface area contributed by atoms with Crippen LogP contribution in [0.1, 0.15) is 46.5 Å². The van der Waals surface area contributed by atoms with Crippen LogP contribution in [0.25, 0.3) is 0 Å². The molecule has 1 heteroatoms. The third-order valence-electron chi connectivity index (χ3n) is 3.13. The first kappa shape index (κ1) is 13.7. The maximum atomic E-state index is 3.81. The van der Waals surface area contributed by atoms with Gasteiger partial charge in [0.15, 0.2) is 0 Å². The first-order valence-corrected chi connectivity index (χ1v) is 6.02. The second kappa shape index (κ2) is 8.05. The van der Waals surface area contributed by atoms with Gasteiger partial charge in [0.1, 0.15) is 0 Å². The Morgan fingerprint density at radius 2 is 1.86 bits per heavy atom. The molecule has 2 atom stereocenters. The van der Waals surface area contributed by atoms with Crippen molar-refractivity contribution in [1.29, 1.82) is 0 Å². The van der Waals surface area contributed by atoms with Crippen molar-refractivity contribution in [1.82, 2.24) is 4.90 Å². The molecular formula is C13H27N. The Morgan fingerprint density at radius 3 is 2.21 bits per heavy atom. The summed E-state index contributed by atoms with van der Waals surface area (Å²) in [4.78, 5) is 2.44. The Bertz CT molecular complexity index is 142. The monoisotopic (exact) mass is 197 g/mol. The molecule has 2 unspecified atom stereocenters. The second-order valence-corrected chi connectivity index (χ2v) is 4.16. The smallest absolute Gasteiger partial charge is 0.0160 e. The van der Waals surface area contributed by atoms with Crippen molar-refractivity contribution in [3.8, 4) is 0 Å². The molecule has 0 saturated carbocycles. The average Bonchev–Trinajstić information content (AvgIpc) is 2.18. The number of hydrogen-bond acceptors (Lipinski definition) is 1. The van der Waals surface area contributed by atoms with Crippen LogP contribution in [0.3, 0.4) is 0 Å². The summed E-state index contributed by atoms with van der Waals surface area (Å²) in [7, 11) is 2.22. The van der Waals surface area contributed by atoms with Gasteiger partial charge in [0.25, 0.3) is 0 Å². The number of hydrogen-bond donors (Lipinski definition) is 0. The van der Waals surface area contributed by atoms with Gasteiger partial charge in [-0.05, 0) is 25.8 Å². The second-order valence-electron chi connectivity index (χ2n) is 4.16. The molecule has 1 nitrogen and oxygen atoms in total. The molecule has 0 rings (SSSR count). The summed E-state index contributed by atoms with van der Waals surface area (Å²) in [6, 6.07) is 0.734. The van der Waals surface area contributed by atoms with E-state index in [1.165, 1.54) is 25.7 Å². The van der Waals surface area contributed by atoms with Crippen molar-refractivity contribution in [2.75, 3.05) is 13.6 Å². The molecule has 0 aromatic heterocycles. The molecule has 0 aliphatic heterocycles. The first-order valence-electron chi connectivity index (χ1n) is 6.02. The predicted molar refractivity (Wildman–Crippen MR) is 65.6 cm³/mol. The van der Waals surface area contributed by atoms with Crippen LogP contribution in [0.15, 0.2) is 12.7 Å². The zero-order valence-electron chi connectivity index (χ0n) is 10.4. The molecular weight excluding hydrogens is 170 g/mol. The Balaban J connectivity index is 4.24. The van der Waals surface area contributed by atoms with Crippen molar-refractivity contribution in [3.63, 3.8) is 0 Å². The van der Waals surface area contributed by atoms with Gasteiger partial charge in [-0.15, -0.1) is 6.58 Å². The van der Waals surface area contributed by atoms with Gasteiger partial charge >= 0.3 is 0 Å². The molecule has 14 heavy (non-hydrogen) atoms. The van der Waals surface area contributed by atoms with Crippen LogP contribution in [0.5, 0.6) is 0 Å². The Hall–Kier alpha value is -0.300. The summed E-state index contributed by atoms with van der Waals surface area (Å²) in [5.74, 6) is 0.856. The maximum Gasteiger partial charge on any atom is 0.0160 e. The molecule has 0 saturated heterocycles. The topological polar surface area (TPSA) is 3.24 Å². The molecule has 0 N–H and O–H groups in total. The molecule has 0 spiro atoms. The summed E-state index contributed by atoms with van der Waals surface area (Å²) in [6.07, 6.45) is 7.21. The van der Waals surface area contributed by atoms with E-state index in [4.69, 9.17) is 0 Å². The summed E-state index contributed by atoms with van der Waals surface area (Å²) in [5.41, 5.74) is 0. The van der Waals surface area contributed by atoms with Gasteiger partial charge in [0, 0.05) is 12.6 Å². The van der Waals surface area contributed by atoms with E-state index < -0.39 is 0 Å². The SMILES string of the molecule is C=CCN(C)C(CC)C(CC)CCC. The highest BCUT2D eigenvalue weighted by Crippen LogP contribution is 2.21. The van der Waals surface area contributed by atoms with E-state index in [1.807, 2.05) is 6.08 Å². The molecule has 84 valence electrons. The summed E-state index contributed by atoms with van der Waals surface area (Å²) in [5, 5.41) is 0. The third kappa shape index (κ3) is 4.28. The normalized spacial score (nSPS) is 15.5. The zero-order chi connectivity index (χ0) is 11.0. The zero-order valence-corrected chi connectivity index (χ0v) is 10.4. The van der Waals surface area contributed by atoms with E-state index in [0.29, 0.717) is 0 Å². The van der Waals surface area contributed by atoms with E-state index in [1.54, 1.807) is 0 Å². The van der Waals surface area contributed by atoms with Crippen LogP contribution in [-0.4, -0.2) is 24.5 Å². The minimum Gasteiger partial charge on any atom is -0.300 e.